The van der Waals surface area contributed by atoms with E-state index in [4.69, 9.17) is 4.74 Å². The molecule has 0 radical (unpaired) electrons. The average molecular weight is 277 g/mol. The second kappa shape index (κ2) is 6.27. The zero-order valence-corrected chi connectivity index (χ0v) is 13.8. The minimum atomic E-state index is -4.85. The predicted octanol–water partition coefficient (Wildman–Crippen LogP) is -0.151. The van der Waals surface area contributed by atoms with Crippen LogP contribution >= 0.6 is 0 Å². The van der Waals surface area contributed by atoms with E-state index in [2.05, 4.69) is 0 Å². The standard InChI is InChI=1S/C9H16BF3NO2.K/c1-9(2,3)16-8(15)14-5-4-7(6-14)10(11,12)13;/h7H,4-6H2,1-3H3;/q-1;+1. The molecule has 0 aromatic carbocycles. The fourth-order valence-corrected chi connectivity index (χ4v) is 1.59. The Kier molecular flexibility index (Phi) is 6.56. The molecule has 1 amide bonds. The van der Waals surface area contributed by atoms with Crippen LogP contribution in [0.1, 0.15) is 27.2 Å². The SMILES string of the molecule is CC(C)(C)OC(=O)N1CCC([B-](F)(F)F)C1.[K+]. The van der Waals surface area contributed by atoms with Crippen LogP contribution in [0.5, 0.6) is 0 Å². The minimum Gasteiger partial charge on any atom is -0.449 e. The molecule has 0 spiro atoms. The summed E-state index contributed by atoms with van der Waals surface area (Å²) < 4.78 is 42.3. The van der Waals surface area contributed by atoms with Gasteiger partial charge in [0.05, 0.1) is 0 Å². The van der Waals surface area contributed by atoms with Crippen molar-refractivity contribution in [2.75, 3.05) is 13.1 Å². The van der Waals surface area contributed by atoms with Crippen molar-refractivity contribution in [2.24, 2.45) is 0 Å². The van der Waals surface area contributed by atoms with Crippen LogP contribution in [0, 0.1) is 0 Å². The number of ether oxygens (including phenoxy) is 1. The van der Waals surface area contributed by atoms with Gasteiger partial charge in [0.15, 0.2) is 0 Å². The number of likely N-dealkylation sites (tertiary alicyclic amines) is 1. The van der Waals surface area contributed by atoms with Crippen LogP contribution in [0.25, 0.3) is 0 Å². The number of halogens is 3. The molecule has 1 unspecified atom stereocenters. The van der Waals surface area contributed by atoms with Crippen molar-refractivity contribution in [2.45, 2.75) is 38.6 Å². The van der Waals surface area contributed by atoms with E-state index in [1.807, 2.05) is 0 Å². The van der Waals surface area contributed by atoms with Gasteiger partial charge in [-0.15, -0.1) is 0 Å². The Morgan fingerprint density at radius 2 is 1.88 bits per heavy atom. The summed E-state index contributed by atoms with van der Waals surface area (Å²) in [6, 6.07) is 0. The first-order chi connectivity index (χ1) is 7.09. The minimum absolute atomic E-state index is 0. The van der Waals surface area contributed by atoms with Crippen molar-refractivity contribution < 1.29 is 73.9 Å². The summed E-state index contributed by atoms with van der Waals surface area (Å²) >= 11 is 0. The summed E-state index contributed by atoms with van der Waals surface area (Å²) in [5.74, 6) is -1.35. The van der Waals surface area contributed by atoms with Crippen LogP contribution in [0.3, 0.4) is 0 Å². The van der Waals surface area contributed by atoms with Gasteiger partial charge in [0.1, 0.15) is 5.60 Å². The summed E-state index contributed by atoms with van der Waals surface area (Å²) in [6.07, 6.45) is -0.669. The van der Waals surface area contributed by atoms with Crippen LogP contribution in [-0.4, -0.2) is 36.7 Å². The summed E-state index contributed by atoms with van der Waals surface area (Å²) in [5, 5.41) is 0. The molecular weight excluding hydrogens is 261 g/mol. The first kappa shape index (κ1) is 17.8. The van der Waals surface area contributed by atoms with E-state index in [1.54, 1.807) is 20.8 Å². The number of hydrogen-bond acceptors (Lipinski definition) is 2. The van der Waals surface area contributed by atoms with E-state index < -0.39 is 24.5 Å². The van der Waals surface area contributed by atoms with Gasteiger partial charge in [0.2, 0.25) is 0 Å². The molecule has 1 aliphatic rings. The molecule has 3 nitrogen and oxygen atoms in total. The van der Waals surface area contributed by atoms with Gasteiger partial charge >= 0.3 is 64.5 Å². The molecule has 0 N–H and O–H groups in total. The monoisotopic (exact) mass is 277 g/mol. The van der Waals surface area contributed by atoms with Crippen molar-refractivity contribution in [3.05, 3.63) is 0 Å². The summed E-state index contributed by atoms with van der Waals surface area (Å²) in [4.78, 5) is 12.6. The van der Waals surface area contributed by atoms with Crippen molar-refractivity contribution >= 4 is 13.1 Å². The summed E-state index contributed by atoms with van der Waals surface area (Å²) in [7, 11) is 0. The van der Waals surface area contributed by atoms with Gasteiger partial charge in [-0.05, 0) is 20.8 Å². The van der Waals surface area contributed by atoms with E-state index in [1.165, 1.54) is 0 Å². The fourth-order valence-electron chi connectivity index (χ4n) is 1.59. The van der Waals surface area contributed by atoms with E-state index in [0.29, 0.717) is 0 Å². The van der Waals surface area contributed by atoms with Crippen molar-refractivity contribution in [1.82, 2.24) is 4.90 Å². The number of nitrogens with zero attached hydrogens (tertiary/aromatic N) is 1. The molecule has 8 heteroatoms. The molecule has 1 saturated heterocycles. The third-order valence-electron chi connectivity index (χ3n) is 2.41. The molecule has 0 aromatic rings. The Bertz CT molecular complexity index is 280. The number of rotatable bonds is 1. The maximum absolute atomic E-state index is 12.4. The largest absolute Gasteiger partial charge is 1.00 e. The zero-order chi connectivity index (χ0) is 12.6. The van der Waals surface area contributed by atoms with E-state index in [-0.39, 0.29) is 70.9 Å². The maximum atomic E-state index is 12.4. The molecular formula is C9H16BF3KNO2. The molecule has 0 bridgehead atoms. The number of carbonyl (C=O) groups is 1. The Morgan fingerprint density at radius 3 is 2.24 bits per heavy atom. The molecule has 0 saturated carbocycles. The van der Waals surface area contributed by atoms with Gasteiger partial charge in [-0.3, -0.25) is 0 Å². The Labute approximate surface area is 142 Å². The van der Waals surface area contributed by atoms with Gasteiger partial charge < -0.3 is 22.6 Å². The van der Waals surface area contributed by atoms with Gasteiger partial charge in [0.25, 0.3) is 0 Å². The fraction of sp³-hybridized carbons (Fsp3) is 0.889. The molecule has 17 heavy (non-hydrogen) atoms. The smallest absolute Gasteiger partial charge is 0.449 e. The van der Waals surface area contributed by atoms with Crippen LogP contribution in [0.4, 0.5) is 17.7 Å². The average Bonchev–Trinajstić information content (AvgIpc) is 2.46. The normalized spacial score (nSPS) is 21.1. The van der Waals surface area contributed by atoms with Crippen molar-refractivity contribution in [1.29, 1.82) is 0 Å². The first-order valence-electron chi connectivity index (χ1n) is 5.27. The predicted molar refractivity (Wildman–Crippen MR) is 55.3 cm³/mol. The topological polar surface area (TPSA) is 29.5 Å². The molecule has 1 atom stereocenters. The van der Waals surface area contributed by atoms with Crippen molar-refractivity contribution in [3.8, 4) is 0 Å². The second-order valence-electron chi connectivity index (χ2n) is 5.10. The number of hydrogen-bond donors (Lipinski definition) is 0. The maximum Gasteiger partial charge on any atom is 1.00 e. The first-order valence-corrected chi connectivity index (χ1v) is 5.27. The van der Waals surface area contributed by atoms with Gasteiger partial charge in [-0.2, -0.15) is 0 Å². The molecule has 1 fully saturated rings. The van der Waals surface area contributed by atoms with Crippen molar-refractivity contribution in [3.63, 3.8) is 0 Å². The Hall–Kier alpha value is 0.761. The Morgan fingerprint density at radius 1 is 1.35 bits per heavy atom. The van der Waals surface area contributed by atoms with E-state index in [9.17, 15) is 17.7 Å². The summed E-state index contributed by atoms with van der Waals surface area (Å²) in [6.45, 7) is 0.0674. The Balaban J connectivity index is 0.00000256. The number of carbonyl (C=O) groups excluding carboxylic acids is 1. The quantitative estimate of drug-likeness (QED) is 0.624. The van der Waals surface area contributed by atoms with Crippen LogP contribution in [0.2, 0.25) is 5.82 Å². The third kappa shape index (κ3) is 5.96. The van der Waals surface area contributed by atoms with Crippen LogP contribution < -0.4 is 51.4 Å². The third-order valence-corrected chi connectivity index (χ3v) is 2.41. The molecule has 1 heterocycles. The molecule has 1 aliphatic heterocycles. The van der Waals surface area contributed by atoms with E-state index in [0.717, 1.165) is 4.90 Å². The zero-order valence-electron chi connectivity index (χ0n) is 10.7. The number of amides is 1. The second-order valence-corrected chi connectivity index (χ2v) is 5.10. The van der Waals surface area contributed by atoms with Gasteiger partial charge in [0, 0.05) is 13.1 Å². The summed E-state index contributed by atoms with van der Waals surface area (Å²) in [5.41, 5.74) is -0.668. The van der Waals surface area contributed by atoms with Crippen LogP contribution in [0.15, 0.2) is 0 Å². The van der Waals surface area contributed by atoms with Gasteiger partial charge in [-0.1, -0.05) is 12.2 Å². The van der Waals surface area contributed by atoms with Crippen LogP contribution in [-0.2, 0) is 4.74 Å². The molecule has 0 aromatic heterocycles. The molecule has 94 valence electrons. The van der Waals surface area contributed by atoms with Gasteiger partial charge in [-0.25, -0.2) is 4.79 Å². The molecule has 1 rings (SSSR count). The molecule has 0 aliphatic carbocycles. The van der Waals surface area contributed by atoms with E-state index >= 15 is 0 Å².